The van der Waals surface area contributed by atoms with E-state index in [0.29, 0.717) is 5.92 Å². The summed E-state index contributed by atoms with van der Waals surface area (Å²) in [5.74, 6) is 0.352. The van der Waals surface area contributed by atoms with E-state index < -0.39 is 0 Å². The number of rotatable bonds is 4. The van der Waals surface area contributed by atoms with Crippen LogP contribution in [0.2, 0.25) is 0 Å². The van der Waals surface area contributed by atoms with Crippen LogP contribution in [0.4, 0.5) is 11.4 Å². The third-order valence-corrected chi connectivity index (χ3v) is 11.0. The summed E-state index contributed by atoms with van der Waals surface area (Å²) in [6.07, 6.45) is 9.08. The van der Waals surface area contributed by atoms with Crippen molar-refractivity contribution in [2.45, 2.75) is 12.0 Å². The highest BCUT2D eigenvalue weighted by Crippen LogP contribution is 2.48. The summed E-state index contributed by atoms with van der Waals surface area (Å²) in [5, 5.41) is 5.07. The normalized spacial score (nSPS) is 16.4. The zero-order chi connectivity index (χ0) is 33.5. The minimum atomic E-state index is 0.260. The Morgan fingerprint density at radius 3 is 1.69 bits per heavy atom. The van der Waals surface area contributed by atoms with E-state index in [1.54, 1.807) is 0 Å². The summed E-state index contributed by atoms with van der Waals surface area (Å²) >= 11 is 0. The predicted octanol–water partition coefficient (Wildman–Crippen LogP) is 12.3. The van der Waals surface area contributed by atoms with E-state index in [1.807, 2.05) is 0 Å². The van der Waals surface area contributed by atoms with Gasteiger partial charge in [0.05, 0.1) is 28.1 Å². The molecule has 3 heterocycles. The third-order valence-electron chi connectivity index (χ3n) is 11.0. The highest BCUT2D eigenvalue weighted by molar-refractivity contribution is 6.12. The molecule has 7 aromatic carbocycles. The molecular weight excluding hydrogens is 619 g/mol. The molecule has 11 rings (SSSR count). The van der Waals surface area contributed by atoms with Crippen LogP contribution < -0.4 is 4.90 Å². The van der Waals surface area contributed by atoms with Crippen molar-refractivity contribution in [3.63, 3.8) is 0 Å². The maximum atomic E-state index is 2.53. The van der Waals surface area contributed by atoms with E-state index in [-0.39, 0.29) is 6.04 Å². The van der Waals surface area contributed by atoms with Gasteiger partial charge in [-0.25, -0.2) is 0 Å². The Morgan fingerprint density at radius 2 is 0.922 bits per heavy atom. The molecule has 0 amide bonds. The molecule has 0 radical (unpaired) electrons. The quantitative estimate of drug-likeness (QED) is 0.185. The molecule has 3 nitrogen and oxygen atoms in total. The van der Waals surface area contributed by atoms with E-state index >= 15 is 0 Å². The second-order valence-electron chi connectivity index (χ2n) is 13.7. The summed E-state index contributed by atoms with van der Waals surface area (Å²) in [7, 11) is 0. The molecule has 240 valence electrons. The van der Waals surface area contributed by atoms with Gasteiger partial charge in [-0.2, -0.15) is 0 Å². The topological polar surface area (TPSA) is 13.1 Å². The van der Waals surface area contributed by atoms with Gasteiger partial charge in [0.1, 0.15) is 0 Å². The van der Waals surface area contributed by atoms with Gasteiger partial charge in [-0.15, -0.1) is 0 Å². The minimum absolute atomic E-state index is 0.260. The molecule has 9 aromatic rings. The van der Waals surface area contributed by atoms with Crippen molar-refractivity contribution >= 4 is 55.0 Å². The lowest BCUT2D eigenvalue weighted by molar-refractivity contribution is 0.745. The molecule has 0 saturated carbocycles. The monoisotopic (exact) mass is 651 g/mol. The molecule has 3 heteroatoms. The van der Waals surface area contributed by atoms with Crippen molar-refractivity contribution < 1.29 is 0 Å². The van der Waals surface area contributed by atoms with E-state index in [0.717, 1.165) is 0 Å². The number of benzene rings is 7. The van der Waals surface area contributed by atoms with Gasteiger partial charge in [-0.05, 0) is 89.5 Å². The minimum Gasteiger partial charge on any atom is -0.333 e. The fraction of sp³-hybridized carbons (Fsp3) is 0.0417. The number of hydrogen-bond acceptors (Lipinski definition) is 1. The molecule has 2 aliphatic rings. The molecule has 1 aliphatic carbocycles. The number of hydrogen-bond donors (Lipinski definition) is 0. The molecule has 0 fully saturated rings. The number of fused-ring (bicyclic) bond motifs is 9. The second-order valence-corrected chi connectivity index (χ2v) is 13.7. The first kappa shape index (κ1) is 28.3. The Balaban J connectivity index is 1.07. The van der Waals surface area contributed by atoms with Gasteiger partial charge in [0.15, 0.2) is 0 Å². The molecule has 0 N–H and O–H groups in total. The highest BCUT2D eigenvalue weighted by atomic mass is 15.2. The summed E-state index contributed by atoms with van der Waals surface area (Å²) in [6, 6.07) is 60.3. The lowest BCUT2D eigenvalue weighted by atomic mass is 9.91. The van der Waals surface area contributed by atoms with Gasteiger partial charge >= 0.3 is 0 Å². The van der Waals surface area contributed by atoms with Crippen molar-refractivity contribution in [1.82, 2.24) is 9.13 Å². The fourth-order valence-corrected chi connectivity index (χ4v) is 8.79. The number of aromatic nitrogens is 2. The van der Waals surface area contributed by atoms with Gasteiger partial charge in [0, 0.05) is 50.2 Å². The Hall–Kier alpha value is -6.58. The molecule has 0 saturated heterocycles. The Labute approximate surface area is 296 Å². The van der Waals surface area contributed by atoms with Gasteiger partial charge in [-0.1, -0.05) is 115 Å². The zero-order valence-corrected chi connectivity index (χ0v) is 27.9. The van der Waals surface area contributed by atoms with Crippen LogP contribution in [0, 0.1) is 0 Å². The number of allylic oxidation sites excluding steroid dienone is 2. The molecule has 2 unspecified atom stereocenters. The van der Waals surface area contributed by atoms with Crippen LogP contribution in [-0.4, -0.2) is 15.2 Å². The second kappa shape index (κ2) is 11.0. The number of nitrogens with zero attached hydrogens (tertiary/aromatic N) is 3. The zero-order valence-electron chi connectivity index (χ0n) is 27.9. The van der Waals surface area contributed by atoms with Gasteiger partial charge in [-0.3, -0.25) is 0 Å². The van der Waals surface area contributed by atoms with E-state index in [1.165, 1.54) is 83.1 Å². The smallest absolute Gasteiger partial charge is 0.0629 e. The third kappa shape index (κ3) is 4.18. The molecule has 0 spiro atoms. The van der Waals surface area contributed by atoms with Crippen LogP contribution in [0.15, 0.2) is 188 Å². The molecule has 2 aromatic heterocycles. The molecular formula is C48H33N3. The van der Waals surface area contributed by atoms with Crippen LogP contribution in [0.3, 0.4) is 0 Å². The van der Waals surface area contributed by atoms with E-state index in [9.17, 15) is 0 Å². The molecule has 2 atom stereocenters. The van der Waals surface area contributed by atoms with E-state index in [2.05, 4.69) is 202 Å². The van der Waals surface area contributed by atoms with Crippen molar-refractivity contribution in [2.24, 2.45) is 0 Å². The first-order valence-electron chi connectivity index (χ1n) is 17.8. The van der Waals surface area contributed by atoms with Crippen molar-refractivity contribution in [1.29, 1.82) is 0 Å². The predicted molar refractivity (Wildman–Crippen MR) is 214 cm³/mol. The van der Waals surface area contributed by atoms with Crippen molar-refractivity contribution in [2.75, 3.05) is 4.90 Å². The van der Waals surface area contributed by atoms with Crippen LogP contribution in [0.1, 0.15) is 11.5 Å². The summed E-state index contributed by atoms with van der Waals surface area (Å²) < 4.78 is 4.79. The number of anilines is 2. The summed E-state index contributed by atoms with van der Waals surface area (Å²) in [4.78, 5) is 2.53. The lowest BCUT2D eigenvalue weighted by Crippen LogP contribution is -2.28. The van der Waals surface area contributed by atoms with Crippen LogP contribution in [-0.2, 0) is 0 Å². The molecule has 0 bridgehead atoms. The van der Waals surface area contributed by atoms with Gasteiger partial charge in [0.25, 0.3) is 0 Å². The highest BCUT2D eigenvalue weighted by Gasteiger charge is 2.37. The average Bonchev–Trinajstić information content (AvgIpc) is 3.84. The van der Waals surface area contributed by atoms with Gasteiger partial charge < -0.3 is 14.0 Å². The average molecular weight is 652 g/mol. The SMILES string of the molecule is C1=CC2c3ccccc3N(c3ccc4c(c3)c3cc(-c5ccc(-n6c7ccccc7c7ccccc76)cc5)ccc3n4-c3ccccc3)C2C=C1. The lowest BCUT2D eigenvalue weighted by Gasteiger charge is -2.28. The van der Waals surface area contributed by atoms with Gasteiger partial charge in [0.2, 0.25) is 0 Å². The first-order valence-corrected chi connectivity index (χ1v) is 17.8. The summed E-state index contributed by atoms with van der Waals surface area (Å²) in [6.45, 7) is 0. The standard InChI is InChI=1S/C48H33N3/c1-2-12-34(13-3-1)49-47-28-24-33(32-22-25-35(26-23-32)50-43-18-8-4-14-37(43)38-15-5-9-19-44(38)50)30-41(47)42-31-36(27-29-48(42)49)51-45-20-10-6-16-39(45)40-17-7-11-21-46(40)51/h1-31,39,45H. The van der Waals surface area contributed by atoms with Crippen molar-refractivity contribution in [3.05, 3.63) is 194 Å². The maximum absolute atomic E-state index is 2.53. The summed E-state index contributed by atoms with van der Waals surface area (Å²) in [5.41, 5.74) is 13.5. The Morgan fingerprint density at radius 1 is 0.373 bits per heavy atom. The largest absolute Gasteiger partial charge is 0.333 e. The van der Waals surface area contributed by atoms with Crippen molar-refractivity contribution in [3.8, 4) is 22.5 Å². The molecule has 51 heavy (non-hydrogen) atoms. The van der Waals surface area contributed by atoms with Crippen LogP contribution >= 0.6 is 0 Å². The maximum Gasteiger partial charge on any atom is 0.0629 e. The Kier molecular flexibility index (Phi) is 6.08. The molecule has 1 aliphatic heterocycles. The fourth-order valence-electron chi connectivity index (χ4n) is 8.79. The van der Waals surface area contributed by atoms with Crippen LogP contribution in [0.25, 0.3) is 66.1 Å². The Bertz CT molecular complexity index is 2810. The van der Waals surface area contributed by atoms with E-state index in [4.69, 9.17) is 0 Å². The first-order chi connectivity index (χ1) is 25.3. The number of para-hydroxylation sites is 4. The van der Waals surface area contributed by atoms with Crippen LogP contribution in [0.5, 0.6) is 0 Å².